The Balaban J connectivity index is 0.000000293. The molecule has 5 aliphatic rings. The van der Waals surface area contributed by atoms with Crippen LogP contribution in [0.25, 0.3) is 0 Å². The first-order valence-corrected chi connectivity index (χ1v) is 17.9. The van der Waals surface area contributed by atoms with Crippen LogP contribution in [0.5, 0.6) is 0 Å². The summed E-state index contributed by atoms with van der Waals surface area (Å²) >= 11 is 0. The molecule has 1 aromatic carbocycles. The van der Waals surface area contributed by atoms with Crippen LogP contribution >= 0.6 is 0 Å². The maximum absolute atomic E-state index is 13.3. The first-order valence-electron chi connectivity index (χ1n) is 17.9. The van der Waals surface area contributed by atoms with E-state index in [0.29, 0.717) is 23.2 Å². The van der Waals surface area contributed by atoms with E-state index in [2.05, 4.69) is 58.7 Å². The Morgan fingerprint density at radius 1 is 0.870 bits per heavy atom. The molecule has 1 aromatic rings. The average molecular weight is 634 g/mol. The van der Waals surface area contributed by atoms with E-state index in [4.69, 9.17) is 0 Å². The molecule has 8 atom stereocenters. The SMILES string of the molecule is CC(=O)NC(C)c1ccccc1.CC(C)C1=C2[C@H]3CC[C@@H]4[C@@]5(C)CCCC(C)(C)[C@@H]5CC[C@@]4(C)[C@]3(C)CC[C@@]2(C(=O)OO)CC1=O. The lowest BCUT2D eigenvalue weighted by Gasteiger charge is -2.71. The molecule has 6 nitrogen and oxygen atoms in total. The molecule has 0 spiro atoms. The van der Waals surface area contributed by atoms with E-state index in [9.17, 15) is 19.6 Å². The highest BCUT2D eigenvalue weighted by Gasteiger charge is 2.70. The maximum Gasteiger partial charge on any atom is 0.352 e. The van der Waals surface area contributed by atoms with Crippen LogP contribution in [0.3, 0.4) is 0 Å². The summed E-state index contributed by atoms with van der Waals surface area (Å²) in [6.07, 6.45) is 10.5. The van der Waals surface area contributed by atoms with E-state index in [1.165, 1.54) is 45.4 Å². The van der Waals surface area contributed by atoms with Gasteiger partial charge in [0.25, 0.3) is 0 Å². The third-order valence-electron chi connectivity index (χ3n) is 14.4. The van der Waals surface area contributed by atoms with Gasteiger partial charge in [0.05, 0.1) is 6.04 Å². The zero-order chi connectivity index (χ0) is 33.9. The molecule has 0 bridgehead atoms. The highest BCUT2D eigenvalue weighted by Crippen LogP contribution is 2.76. The summed E-state index contributed by atoms with van der Waals surface area (Å²) < 4.78 is 0. The molecule has 254 valence electrons. The van der Waals surface area contributed by atoms with Gasteiger partial charge in [-0.3, -0.25) is 9.59 Å². The summed E-state index contributed by atoms with van der Waals surface area (Å²) in [5.41, 5.74) is 3.10. The number of rotatable bonds is 4. The van der Waals surface area contributed by atoms with Crippen molar-refractivity contribution in [3.8, 4) is 0 Å². The number of benzene rings is 1. The van der Waals surface area contributed by atoms with Gasteiger partial charge in [0, 0.05) is 13.3 Å². The van der Waals surface area contributed by atoms with Gasteiger partial charge in [-0.25, -0.2) is 4.79 Å². The Hall–Kier alpha value is -2.47. The predicted molar refractivity (Wildman–Crippen MR) is 181 cm³/mol. The number of amides is 1. The summed E-state index contributed by atoms with van der Waals surface area (Å²) in [6.45, 7) is 20.3. The second-order valence-corrected chi connectivity index (χ2v) is 17.3. The predicted octanol–water partition coefficient (Wildman–Crippen LogP) is 9.26. The fourth-order valence-corrected chi connectivity index (χ4v) is 12.2. The van der Waals surface area contributed by atoms with Crippen molar-refractivity contribution in [1.82, 2.24) is 5.32 Å². The van der Waals surface area contributed by atoms with Crippen LogP contribution in [0.2, 0.25) is 0 Å². The van der Waals surface area contributed by atoms with Gasteiger partial charge in [-0.2, -0.15) is 5.26 Å². The number of allylic oxidation sites excluding steroid dienone is 1. The van der Waals surface area contributed by atoms with Crippen LogP contribution in [-0.2, 0) is 19.3 Å². The van der Waals surface area contributed by atoms with Crippen molar-refractivity contribution >= 4 is 17.7 Å². The molecule has 4 saturated carbocycles. The Morgan fingerprint density at radius 2 is 1.54 bits per heavy atom. The molecule has 0 saturated heterocycles. The molecule has 0 heterocycles. The van der Waals surface area contributed by atoms with Crippen molar-refractivity contribution in [3.63, 3.8) is 0 Å². The third kappa shape index (κ3) is 5.29. The van der Waals surface area contributed by atoms with Crippen molar-refractivity contribution in [2.45, 2.75) is 133 Å². The van der Waals surface area contributed by atoms with Gasteiger partial charge in [0.2, 0.25) is 5.91 Å². The molecule has 0 aliphatic heterocycles. The normalized spacial score (nSPS) is 38.3. The monoisotopic (exact) mass is 633 g/mol. The van der Waals surface area contributed by atoms with E-state index in [-0.39, 0.29) is 46.8 Å². The molecule has 5 aliphatic carbocycles. The molecule has 4 fully saturated rings. The van der Waals surface area contributed by atoms with E-state index >= 15 is 0 Å². The highest BCUT2D eigenvalue weighted by atomic mass is 17.1. The largest absolute Gasteiger partial charge is 0.352 e. The van der Waals surface area contributed by atoms with Crippen molar-refractivity contribution in [1.29, 1.82) is 0 Å². The number of carbonyl (C=O) groups excluding carboxylic acids is 3. The Kier molecular flexibility index (Phi) is 9.25. The number of hydrogen-bond acceptors (Lipinski definition) is 5. The number of carbonyl (C=O) groups is 3. The molecule has 1 amide bonds. The van der Waals surface area contributed by atoms with Crippen LogP contribution in [0, 0.1) is 50.7 Å². The number of hydrogen-bond donors (Lipinski definition) is 2. The quantitative estimate of drug-likeness (QED) is 0.255. The van der Waals surface area contributed by atoms with Crippen LogP contribution in [0.1, 0.15) is 138 Å². The molecule has 6 rings (SSSR count). The van der Waals surface area contributed by atoms with Gasteiger partial charge in [-0.1, -0.05) is 85.2 Å². The molecule has 0 aromatic heterocycles. The molecule has 6 heteroatoms. The fourth-order valence-electron chi connectivity index (χ4n) is 12.2. The van der Waals surface area contributed by atoms with Crippen LogP contribution in [0.15, 0.2) is 41.5 Å². The average Bonchev–Trinajstić information content (AvgIpc) is 3.30. The molecule has 1 unspecified atom stereocenters. The summed E-state index contributed by atoms with van der Waals surface area (Å²) in [5.74, 6) is 1.24. The Morgan fingerprint density at radius 3 is 2.15 bits per heavy atom. The topological polar surface area (TPSA) is 92.7 Å². The number of ketones is 1. The van der Waals surface area contributed by atoms with Crippen molar-refractivity contribution in [2.75, 3.05) is 0 Å². The minimum atomic E-state index is -0.952. The van der Waals surface area contributed by atoms with Gasteiger partial charge < -0.3 is 10.2 Å². The highest BCUT2D eigenvalue weighted by molar-refractivity contribution is 6.05. The lowest BCUT2D eigenvalue weighted by Crippen LogP contribution is -2.64. The van der Waals surface area contributed by atoms with Gasteiger partial charge in [0.15, 0.2) is 5.78 Å². The van der Waals surface area contributed by atoms with Crippen LogP contribution in [0.4, 0.5) is 0 Å². The molecular weight excluding hydrogens is 574 g/mol. The van der Waals surface area contributed by atoms with Crippen LogP contribution in [-0.4, -0.2) is 22.9 Å². The lowest BCUT2D eigenvalue weighted by molar-refractivity contribution is -0.250. The molecule has 46 heavy (non-hydrogen) atoms. The third-order valence-corrected chi connectivity index (χ3v) is 14.4. The zero-order valence-electron chi connectivity index (χ0n) is 29.9. The second kappa shape index (κ2) is 12.2. The molecule has 2 N–H and O–H groups in total. The maximum atomic E-state index is 13.3. The molecular formula is C40H59NO5. The van der Waals surface area contributed by atoms with Gasteiger partial charge in [-0.05, 0) is 120 Å². The smallest absolute Gasteiger partial charge is 0.350 e. The molecule has 0 radical (unpaired) electrons. The first kappa shape index (κ1) is 34.9. The first-order chi connectivity index (χ1) is 21.5. The fraction of sp³-hybridized carbons (Fsp3) is 0.725. The zero-order valence-corrected chi connectivity index (χ0v) is 29.9. The Labute approximate surface area is 277 Å². The van der Waals surface area contributed by atoms with Gasteiger partial charge >= 0.3 is 5.97 Å². The minimum absolute atomic E-state index is 0.00588. The van der Waals surface area contributed by atoms with Crippen molar-refractivity contribution < 1.29 is 24.5 Å². The Bertz CT molecular complexity index is 1380. The minimum Gasteiger partial charge on any atom is -0.350 e. The summed E-state index contributed by atoms with van der Waals surface area (Å²) in [4.78, 5) is 41.5. The summed E-state index contributed by atoms with van der Waals surface area (Å²) in [5, 5.41) is 12.3. The van der Waals surface area contributed by atoms with Gasteiger partial charge in [0.1, 0.15) is 5.41 Å². The van der Waals surface area contributed by atoms with E-state index in [1.54, 1.807) is 0 Å². The number of nitrogens with one attached hydrogen (secondary N) is 1. The second-order valence-electron chi connectivity index (χ2n) is 17.3. The van der Waals surface area contributed by atoms with E-state index in [1.807, 2.05) is 37.3 Å². The lowest BCUT2D eigenvalue weighted by atomic mass is 9.33. The van der Waals surface area contributed by atoms with Gasteiger partial charge in [-0.15, -0.1) is 0 Å². The number of fused-ring (bicyclic) bond motifs is 7. The number of Topliss-reactive ketones (excluding diaryl/α,β-unsaturated/α-hetero) is 1. The summed E-state index contributed by atoms with van der Waals surface area (Å²) in [7, 11) is 0. The van der Waals surface area contributed by atoms with Crippen molar-refractivity contribution in [2.24, 2.45) is 50.7 Å². The van der Waals surface area contributed by atoms with Crippen molar-refractivity contribution in [3.05, 3.63) is 47.0 Å². The van der Waals surface area contributed by atoms with E-state index < -0.39 is 11.4 Å². The standard InChI is InChI=1S/C30H46O4.C10H13NO/c1-18(2)23-20(31)17-30(25(32)34-33)16-15-28(6)19(24(23)30)9-10-22-27(5)13-8-12-26(3,4)21(27)11-14-29(22,28)7;1-8(11-9(2)12)10-6-4-3-5-7-10/h18-19,21-22,33H,8-17H2,1-7H3;3-8H,1-2H3,(H,11,12)/t19-,21+,22-,27+,28-,29-,30-;/m1./s1. The summed E-state index contributed by atoms with van der Waals surface area (Å²) in [6, 6.07) is 10.00. The van der Waals surface area contributed by atoms with E-state index in [0.717, 1.165) is 35.5 Å². The van der Waals surface area contributed by atoms with Crippen LogP contribution < -0.4 is 5.32 Å².